The summed E-state index contributed by atoms with van der Waals surface area (Å²) in [5.74, 6) is -1.35. The molecule has 2 aliphatic carbocycles. The van der Waals surface area contributed by atoms with Crippen LogP contribution in [-0.2, 0) is 14.3 Å². The Kier molecular flexibility index (Phi) is 5.58. The van der Waals surface area contributed by atoms with Crippen molar-refractivity contribution in [1.29, 1.82) is 0 Å². The molecule has 1 heterocycles. The first-order valence-electron chi connectivity index (χ1n) is 11.9. The van der Waals surface area contributed by atoms with Gasteiger partial charge in [-0.05, 0) is 41.5 Å². The van der Waals surface area contributed by atoms with E-state index in [1.54, 1.807) is 0 Å². The first-order chi connectivity index (χ1) is 16.3. The van der Waals surface area contributed by atoms with Gasteiger partial charge in [-0.2, -0.15) is 0 Å². The number of amides is 2. The molecule has 1 saturated heterocycles. The smallest absolute Gasteiger partial charge is 0.407 e. The molecule has 2 fully saturated rings. The second-order valence-corrected chi connectivity index (χ2v) is 10.4. The third-order valence-corrected chi connectivity index (χ3v) is 7.59. The van der Waals surface area contributed by atoms with E-state index in [9.17, 15) is 19.5 Å². The van der Waals surface area contributed by atoms with E-state index in [0.717, 1.165) is 11.1 Å². The van der Waals surface area contributed by atoms with Crippen LogP contribution in [0.4, 0.5) is 4.79 Å². The van der Waals surface area contributed by atoms with Gasteiger partial charge >= 0.3 is 12.1 Å². The number of aliphatic carboxylic acids is 1. The summed E-state index contributed by atoms with van der Waals surface area (Å²) in [6, 6.07) is 15.5. The minimum absolute atomic E-state index is 0.00113. The van der Waals surface area contributed by atoms with Gasteiger partial charge < -0.3 is 20.1 Å². The van der Waals surface area contributed by atoms with E-state index >= 15 is 0 Å². The van der Waals surface area contributed by atoms with Crippen LogP contribution >= 0.6 is 0 Å². The van der Waals surface area contributed by atoms with Crippen molar-refractivity contribution in [1.82, 2.24) is 10.2 Å². The van der Waals surface area contributed by atoms with Crippen molar-refractivity contribution >= 4 is 18.0 Å². The molecule has 34 heavy (non-hydrogen) atoms. The molecule has 178 valence electrons. The highest BCUT2D eigenvalue weighted by Gasteiger charge is 2.54. The number of carboxylic acids is 1. The molecule has 0 spiro atoms. The Hall–Kier alpha value is -3.35. The number of carbonyl (C=O) groups is 3. The van der Waals surface area contributed by atoms with E-state index in [0.29, 0.717) is 25.8 Å². The second-order valence-electron chi connectivity index (χ2n) is 10.4. The predicted octanol–water partition coefficient (Wildman–Crippen LogP) is 4.02. The van der Waals surface area contributed by atoms with Crippen LogP contribution in [0.3, 0.4) is 0 Å². The number of alkyl carbamates (subject to hydrolysis) is 1. The summed E-state index contributed by atoms with van der Waals surface area (Å²) in [7, 11) is 0. The van der Waals surface area contributed by atoms with Gasteiger partial charge in [0, 0.05) is 29.8 Å². The summed E-state index contributed by atoms with van der Waals surface area (Å²) in [6.45, 7) is 4.43. The molecule has 3 aliphatic rings. The fourth-order valence-electron chi connectivity index (χ4n) is 5.98. The van der Waals surface area contributed by atoms with Crippen molar-refractivity contribution in [2.24, 2.45) is 11.3 Å². The molecule has 1 saturated carbocycles. The monoisotopic (exact) mass is 462 g/mol. The Labute approximate surface area is 199 Å². The molecule has 1 aliphatic heterocycles. The highest BCUT2D eigenvalue weighted by molar-refractivity contribution is 5.88. The highest BCUT2D eigenvalue weighted by Crippen LogP contribution is 2.44. The van der Waals surface area contributed by atoms with Crippen LogP contribution in [0.1, 0.15) is 50.2 Å². The number of fused-ring (bicyclic) bond motifs is 3. The van der Waals surface area contributed by atoms with E-state index in [4.69, 9.17) is 4.74 Å². The molecule has 7 nitrogen and oxygen atoms in total. The maximum atomic E-state index is 12.9. The molecule has 0 radical (unpaired) electrons. The lowest BCUT2D eigenvalue weighted by molar-refractivity contribution is -0.174. The molecule has 2 aromatic rings. The molecular formula is C27H30N2O5. The molecule has 7 heteroatoms. The van der Waals surface area contributed by atoms with E-state index in [1.807, 2.05) is 38.1 Å². The maximum Gasteiger partial charge on any atom is 0.407 e. The summed E-state index contributed by atoms with van der Waals surface area (Å²) >= 11 is 0. The van der Waals surface area contributed by atoms with Crippen LogP contribution in [0.5, 0.6) is 0 Å². The highest BCUT2D eigenvalue weighted by atomic mass is 16.5. The van der Waals surface area contributed by atoms with Crippen LogP contribution in [0.15, 0.2) is 48.5 Å². The van der Waals surface area contributed by atoms with Gasteiger partial charge in [-0.1, -0.05) is 62.4 Å². The average molecular weight is 463 g/mol. The van der Waals surface area contributed by atoms with Crippen LogP contribution in [0.25, 0.3) is 11.1 Å². The van der Waals surface area contributed by atoms with E-state index in [-0.39, 0.29) is 30.4 Å². The zero-order chi connectivity index (χ0) is 24.0. The molecular weight excluding hydrogens is 432 g/mol. The van der Waals surface area contributed by atoms with E-state index in [1.165, 1.54) is 16.0 Å². The summed E-state index contributed by atoms with van der Waals surface area (Å²) in [5, 5.41) is 12.4. The maximum absolute atomic E-state index is 12.9. The largest absolute Gasteiger partial charge is 0.480 e. The first kappa shape index (κ1) is 22.4. The standard InChI is InChI=1S/C27H30N2O5/c1-27(2)15-29(23(27)25(31)32)24(30)16-11-12-17(13-16)28-26(33)34-14-22-20-9-5-3-7-18(20)19-8-4-6-10-21(19)22/h3-10,16-17,22-23H,11-15H2,1-2H3,(H,28,33)(H,31,32). The Morgan fingerprint density at radius 3 is 2.24 bits per heavy atom. The number of benzene rings is 2. The quantitative estimate of drug-likeness (QED) is 0.700. The zero-order valence-electron chi connectivity index (χ0n) is 19.5. The zero-order valence-corrected chi connectivity index (χ0v) is 19.5. The van der Waals surface area contributed by atoms with Crippen LogP contribution in [-0.4, -0.2) is 53.2 Å². The van der Waals surface area contributed by atoms with Gasteiger partial charge in [-0.3, -0.25) is 4.79 Å². The van der Waals surface area contributed by atoms with Crippen LogP contribution in [0.2, 0.25) is 0 Å². The minimum Gasteiger partial charge on any atom is -0.480 e. The summed E-state index contributed by atoms with van der Waals surface area (Å²) in [6.07, 6.45) is 1.34. The number of likely N-dealkylation sites (tertiary alicyclic amines) is 1. The summed E-state index contributed by atoms with van der Waals surface area (Å²) in [5.41, 5.74) is 4.26. The number of hydrogen-bond acceptors (Lipinski definition) is 4. The van der Waals surface area contributed by atoms with Crippen molar-refractivity contribution in [3.05, 3.63) is 59.7 Å². The van der Waals surface area contributed by atoms with Crippen molar-refractivity contribution in [2.45, 2.75) is 51.1 Å². The first-order valence-corrected chi connectivity index (χ1v) is 11.9. The van der Waals surface area contributed by atoms with Gasteiger partial charge in [0.15, 0.2) is 0 Å². The number of nitrogens with zero attached hydrogens (tertiary/aromatic N) is 1. The van der Waals surface area contributed by atoms with Crippen LogP contribution < -0.4 is 5.32 Å². The van der Waals surface area contributed by atoms with Gasteiger partial charge in [0.05, 0.1) is 0 Å². The normalized spacial score (nSPS) is 24.6. The Balaban J connectivity index is 1.16. The lowest BCUT2D eigenvalue weighted by Crippen LogP contribution is -2.67. The average Bonchev–Trinajstić information content (AvgIpc) is 3.38. The topological polar surface area (TPSA) is 95.9 Å². The fraction of sp³-hybridized carbons (Fsp3) is 0.444. The van der Waals surface area contributed by atoms with E-state index in [2.05, 4.69) is 29.6 Å². The van der Waals surface area contributed by atoms with Gasteiger partial charge in [-0.15, -0.1) is 0 Å². The van der Waals surface area contributed by atoms with Crippen molar-refractivity contribution in [2.75, 3.05) is 13.2 Å². The molecule has 2 aromatic carbocycles. The Bertz CT molecular complexity index is 1100. The number of hydrogen-bond donors (Lipinski definition) is 2. The number of ether oxygens (including phenoxy) is 1. The molecule has 3 atom stereocenters. The lowest BCUT2D eigenvalue weighted by atomic mass is 9.74. The second kappa shape index (κ2) is 8.46. The molecule has 5 rings (SSSR count). The van der Waals surface area contributed by atoms with Gasteiger partial charge in [0.25, 0.3) is 0 Å². The minimum atomic E-state index is -0.962. The third kappa shape index (κ3) is 3.83. The van der Waals surface area contributed by atoms with Crippen molar-refractivity contribution < 1.29 is 24.2 Å². The molecule has 2 N–H and O–H groups in total. The van der Waals surface area contributed by atoms with E-state index < -0.39 is 23.5 Å². The van der Waals surface area contributed by atoms with Gasteiger partial charge in [0.2, 0.25) is 5.91 Å². The fourth-order valence-corrected chi connectivity index (χ4v) is 5.98. The molecule has 3 unspecified atom stereocenters. The Morgan fingerprint density at radius 2 is 1.65 bits per heavy atom. The molecule has 2 amide bonds. The lowest BCUT2D eigenvalue weighted by Gasteiger charge is -2.52. The van der Waals surface area contributed by atoms with Crippen LogP contribution in [0, 0.1) is 11.3 Å². The van der Waals surface area contributed by atoms with Crippen molar-refractivity contribution in [3.8, 4) is 11.1 Å². The van der Waals surface area contributed by atoms with Gasteiger partial charge in [0.1, 0.15) is 12.6 Å². The van der Waals surface area contributed by atoms with Crippen molar-refractivity contribution in [3.63, 3.8) is 0 Å². The Morgan fingerprint density at radius 1 is 1.03 bits per heavy atom. The summed E-state index contributed by atoms with van der Waals surface area (Å²) in [4.78, 5) is 38.6. The SMILES string of the molecule is CC1(C)CN(C(=O)C2CCC(NC(=O)OCC3c4ccccc4-c4ccccc43)C2)C1C(=O)O. The number of carboxylic acid groups (broad SMARTS) is 1. The number of nitrogens with one attached hydrogen (secondary N) is 1. The number of rotatable bonds is 5. The number of carbonyl (C=O) groups excluding carboxylic acids is 2. The van der Waals surface area contributed by atoms with Gasteiger partial charge in [-0.25, -0.2) is 9.59 Å². The predicted molar refractivity (Wildman–Crippen MR) is 126 cm³/mol. The third-order valence-electron chi connectivity index (χ3n) is 7.59. The molecule has 0 bridgehead atoms. The summed E-state index contributed by atoms with van der Waals surface area (Å²) < 4.78 is 5.63. The molecule has 0 aromatic heterocycles.